The fraction of sp³-hybridized carbons (Fsp3) is 0. The topological polar surface area (TPSA) is 26.0 Å². The molecule has 0 N–H and O–H groups in total. The lowest BCUT2D eigenvalue weighted by Gasteiger charge is -1.89. The van der Waals surface area contributed by atoms with Gasteiger partial charge in [-0.2, -0.15) is 0 Å². The summed E-state index contributed by atoms with van der Waals surface area (Å²) in [6.45, 7) is 0. The zero-order valence-corrected chi connectivity index (χ0v) is 6.61. The largest absolute Gasteiger partial charge is 0.428 e. The zero-order chi connectivity index (χ0) is 8.72. The van der Waals surface area contributed by atoms with E-state index < -0.39 is 11.6 Å². The van der Waals surface area contributed by atoms with Crippen LogP contribution in [0.4, 0.5) is 8.78 Å². The quantitative estimate of drug-likeness (QED) is 0.641. The summed E-state index contributed by atoms with van der Waals surface area (Å²) in [5.74, 6) is -1.25. The van der Waals surface area contributed by atoms with Crippen molar-refractivity contribution in [1.29, 1.82) is 0 Å². The molecule has 0 fully saturated rings. The Balaban J connectivity index is 2.93. The second-order valence-electron chi connectivity index (χ2n) is 2.20. The number of rotatable bonds is 0. The molecule has 2 rings (SSSR count). The van der Waals surface area contributed by atoms with Crippen LogP contribution in [0.2, 0.25) is 0 Å². The van der Waals surface area contributed by atoms with Gasteiger partial charge in [-0.3, -0.25) is 0 Å². The SMILES string of the molecule is Fc1ccc(F)c2oc(S)nc12. The van der Waals surface area contributed by atoms with Gasteiger partial charge in [0.1, 0.15) is 5.52 Å². The molecule has 1 aromatic carbocycles. The Morgan fingerprint density at radius 1 is 1.25 bits per heavy atom. The van der Waals surface area contributed by atoms with Gasteiger partial charge in [0.25, 0.3) is 5.22 Å². The molecule has 2 nitrogen and oxygen atoms in total. The van der Waals surface area contributed by atoms with Gasteiger partial charge in [0, 0.05) is 0 Å². The lowest BCUT2D eigenvalue weighted by molar-refractivity contribution is 0.472. The highest BCUT2D eigenvalue weighted by molar-refractivity contribution is 7.80. The van der Waals surface area contributed by atoms with Crippen molar-refractivity contribution in [2.75, 3.05) is 0 Å². The first-order valence-corrected chi connectivity index (χ1v) is 3.56. The summed E-state index contributed by atoms with van der Waals surface area (Å²) in [5, 5.41) is -0.0472. The van der Waals surface area contributed by atoms with Gasteiger partial charge in [-0.05, 0) is 12.1 Å². The predicted octanol–water partition coefficient (Wildman–Crippen LogP) is 2.39. The minimum absolute atomic E-state index is 0.0472. The Morgan fingerprint density at radius 3 is 2.58 bits per heavy atom. The Labute approximate surface area is 71.6 Å². The maximum absolute atomic E-state index is 12.9. The summed E-state index contributed by atoms with van der Waals surface area (Å²) in [6.07, 6.45) is 0. The van der Waals surface area contributed by atoms with E-state index in [1.54, 1.807) is 0 Å². The first kappa shape index (κ1) is 7.54. The number of oxazole rings is 1. The average molecular weight is 187 g/mol. The minimum atomic E-state index is -0.640. The molecule has 0 bridgehead atoms. The first-order chi connectivity index (χ1) is 5.68. The van der Waals surface area contributed by atoms with E-state index in [1.165, 1.54) is 0 Å². The number of hydrogen-bond donors (Lipinski definition) is 1. The summed E-state index contributed by atoms with van der Waals surface area (Å²) in [5.41, 5.74) is -0.319. The maximum Gasteiger partial charge on any atom is 0.253 e. The van der Waals surface area contributed by atoms with Gasteiger partial charge in [0.05, 0.1) is 0 Å². The van der Waals surface area contributed by atoms with E-state index in [9.17, 15) is 8.78 Å². The van der Waals surface area contributed by atoms with Crippen molar-refractivity contribution in [2.24, 2.45) is 0 Å². The van der Waals surface area contributed by atoms with Crippen molar-refractivity contribution in [3.63, 3.8) is 0 Å². The second-order valence-corrected chi connectivity index (χ2v) is 2.59. The highest BCUT2D eigenvalue weighted by Crippen LogP contribution is 2.22. The highest BCUT2D eigenvalue weighted by Gasteiger charge is 2.11. The Morgan fingerprint density at radius 2 is 1.92 bits per heavy atom. The minimum Gasteiger partial charge on any atom is -0.428 e. The molecule has 1 aromatic heterocycles. The molecule has 2 aromatic rings. The molecular formula is C7H3F2NOS. The average Bonchev–Trinajstić information content (AvgIpc) is 2.41. The van der Waals surface area contributed by atoms with Crippen molar-refractivity contribution in [3.05, 3.63) is 23.8 Å². The molecule has 0 unspecified atom stereocenters. The molecule has 0 spiro atoms. The van der Waals surface area contributed by atoms with Crippen molar-refractivity contribution < 1.29 is 13.2 Å². The van der Waals surface area contributed by atoms with Crippen LogP contribution in [0.3, 0.4) is 0 Å². The molecule has 0 radical (unpaired) electrons. The van der Waals surface area contributed by atoms with Crippen LogP contribution in [-0.2, 0) is 0 Å². The number of thiol groups is 1. The second kappa shape index (κ2) is 2.45. The van der Waals surface area contributed by atoms with Crippen molar-refractivity contribution in [3.8, 4) is 0 Å². The number of hydrogen-bond acceptors (Lipinski definition) is 3. The van der Waals surface area contributed by atoms with Crippen molar-refractivity contribution in [1.82, 2.24) is 4.98 Å². The van der Waals surface area contributed by atoms with Gasteiger partial charge in [-0.25, -0.2) is 13.8 Å². The Hall–Kier alpha value is -1.10. The van der Waals surface area contributed by atoms with E-state index >= 15 is 0 Å². The molecule has 5 heteroatoms. The van der Waals surface area contributed by atoms with Crippen LogP contribution in [-0.4, -0.2) is 4.98 Å². The van der Waals surface area contributed by atoms with Gasteiger partial charge >= 0.3 is 0 Å². The fourth-order valence-corrected chi connectivity index (χ4v) is 1.12. The summed E-state index contributed by atoms with van der Waals surface area (Å²) in [4.78, 5) is 3.56. The van der Waals surface area contributed by atoms with Crippen LogP contribution >= 0.6 is 12.6 Å². The number of benzene rings is 1. The van der Waals surface area contributed by atoms with E-state index in [-0.39, 0.29) is 16.3 Å². The zero-order valence-electron chi connectivity index (χ0n) is 5.71. The van der Waals surface area contributed by atoms with Gasteiger partial charge in [-0.1, -0.05) is 12.6 Å². The fourth-order valence-electron chi connectivity index (χ4n) is 0.934. The summed E-state index contributed by atoms with van der Waals surface area (Å²) in [6, 6.07) is 1.98. The predicted molar refractivity (Wildman–Crippen MR) is 41.2 cm³/mol. The summed E-state index contributed by atoms with van der Waals surface area (Å²) in [7, 11) is 0. The molecule has 0 aliphatic rings. The summed E-state index contributed by atoms with van der Waals surface area (Å²) >= 11 is 3.73. The van der Waals surface area contributed by atoms with Crippen LogP contribution in [0, 0.1) is 11.6 Å². The van der Waals surface area contributed by atoms with Crippen LogP contribution in [0.1, 0.15) is 0 Å². The molecule has 62 valence electrons. The highest BCUT2D eigenvalue weighted by atomic mass is 32.1. The molecule has 0 saturated carbocycles. The maximum atomic E-state index is 12.9. The third kappa shape index (κ3) is 0.972. The monoisotopic (exact) mass is 187 g/mol. The van der Waals surface area contributed by atoms with Crippen LogP contribution in [0.25, 0.3) is 11.1 Å². The molecule has 0 atom stereocenters. The molecule has 12 heavy (non-hydrogen) atoms. The number of aromatic nitrogens is 1. The molecule has 0 aliphatic heterocycles. The first-order valence-electron chi connectivity index (χ1n) is 3.12. The number of nitrogens with zero attached hydrogens (tertiary/aromatic N) is 1. The third-order valence-electron chi connectivity index (χ3n) is 1.43. The lowest BCUT2D eigenvalue weighted by atomic mass is 10.3. The van der Waals surface area contributed by atoms with E-state index in [1.807, 2.05) is 0 Å². The van der Waals surface area contributed by atoms with Crippen LogP contribution in [0.15, 0.2) is 21.8 Å². The summed E-state index contributed by atoms with van der Waals surface area (Å²) < 4.78 is 30.4. The van der Waals surface area contributed by atoms with Gasteiger partial charge < -0.3 is 4.42 Å². The number of fused-ring (bicyclic) bond motifs is 1. The van der Waals surface area contributed by atoms with E-state index in [2.05, 4.69) is 17.6 Å². The van der Waals surface area contributed by atoms with E-state index in [0.717, 1.165) is 12.1 Å². The lowest BCUT2D eigenvalue weighted by Crippen LogP contribution is -1.80. The van der Waals surface area contributed by atoms with Gasteiger partial charge in [-0.15, -0.1) is 0 Å². The molecule has 0 aliphatic carbocycles. The third-order valence-corrected chi connectivity index (χ3v) is 1.63. The van der Waals surface area contributed by atoms with E-state index in [4.69, 9.17) is 4.42 Å². The number of halogens is 2. The van der Waals surface area contributed by atoms with Crippen LogP contribution < -0.4 is 0 Å². The molecular weight excluding hydrogens is 184 g/mol. The van der Waals surface area contributed by atoms with Crippen molar-refractivity contribution >= 4 is 23.7 Å². The Bertz CT molecular complexity index is 401. The van der Waals surface area contributed by atoms with E-state index in [0.29, 0.717) is 0 Å². The van der Waals surface area contributed by atoms with Gasteiger partial charge in [0.15, 0.2) is 17.2 Å². The van der Waals surface area contributed by atoms with Gasteiger partial charge in [0.2, 0.25) is 0 Å². The molecule has 1 heterocycles. The molecule has 0 amide bonds. The normalized spacial score (nSPS) is 10.9. The van der Waals surface area contributed by atoms with Crippen LogP contribution in [0.5, 0.6) is 0 Å². The standard InChI is InChI=1S/C7H3F2NOS/c8-3-1-2-4(9)6-5(3)10-7(12)11-6/h1-2H,(H,10,12). The Kier molecular flexibility index (Phi) is 1.54. The van der Waals surface area contributed by atoms with Crippen molar-refractivity contribution in [2.45, 2.75) is 5.22 Å². The smallest absolute Gasteiger partial charge is 0.253 e. The molecule has 0 saturated heterocycles.